The van der Waals surface area contributed by atoms with Gasteiger partial charge in [-0.05, 0) is 55.6 Å². The first-order valence-corrected chi connectivity index (χ1v) is 6.12. The van der Waals surface area contributed by atoms with Crippen molar-refractivity contribution >= 4 is 10.9 Å². The summed E-state index contributed by atoms with van der Waals surface area (Å²) in [6.45, 7) is 1.23. The molecule has 1 aromatic carbocycles. The molecule has 0 radical (unpaired) electrons. The number of aromatic amines is 1. The molecule has 1 atom stereocenters. The average Bonchev–Trinajstić information content (AvgIpc) is 2.76. The fraction of sp³-hybridized carbons (Fsp3) is 0.429. The Balaban J connectivity index is 1.97. The standard InChI is InChI=1S/C14H18N2/c1-16-9-3-2-4-14(16)12-5-6-13-11(10-12)7-8-15-13/h5-8,10,14-15H,2-4,9H2,1H3. The van der Waals surface area contributed by atoms with Gasteiger partial charge in [-0.3, -0.25) is 4.90 Å². The number of nitrogens with zero attached hydrogens (tertiary/aromatic N) is 1. The SMILES string of the molecule is CN1CCCCC1c1ccc2[nH]ccc2c1. The van der Waals surface area contributed by atoms with Crippen LogP contribution in [-0.4, -0.2) is 23.5 Å². The minimum absolute atomic E-state index is 0.619. The molecule has 1 fully saturated rings. The van der Waals surface area contributed by atoms with Gasteiger partial charge in [0, 0.05) is 17.8 Å². The number of aromatic nitrogens is 1. The zero-order valence-corrected chi connectivity index (χ0v) is 9.74. The molecule has 2 heteroatoms. The van der Waals surface area contributed by atoms with Crippen LogP contribution in [-0.2, 0) is 0 Å². The summed E-state index contributed by atoms with van der Waals surface area (Å²) in [6, 6.07) is 9.58. The summed E-state index contributed by atoms with van der Waals surface area (Å²) in [5.74, 6) is 0. The van der Waals surface area contributed by atoms with Crippen LogP contribution in [0.1, 0.15) is 30.9 Å². The maximum atomic E-state index is 3.25. The lowest BCUT2D eigenvalue weighted by Crippen LogP contribution is -2.29. The molecule has 0 saturated carbocycles. The van der Waals surface area contributed by atoms with Gasteiger partial charge in [-0.1, -0.05) is 12.5 Å². The number of piperidine rings is 1. The zero-order chi connectivity index (χ0) is 11.0. The van der Waals surface area contributed by atoms with E-state index in [1.165, 1.54) is 42.3 Å². The maximum Gasteiger partial charge on any atom is 0.0454 e. The molecule has 3 rings (SSSR count). The monoisotopic (exact) mass is 214 g/mol. The van der Waals surface area contributed by atoms with Crippen molar-refractivity contribution in [1.29, 1.82) is 0 Å². The lowest BCUT2D eigenvalue weighted by atomic mass is 9.95. The van der Waals surface area contributed by atoms with Crippen LogP contribution in [0.3, 0.4) is 0 Å². The molecule has 2 nitrogen and oxygen atoms in total. The fourth-order valence-electron chi connectivity index (χ4n) is 2.78. The molecule has 0 aliphatic carbocycles. The number of hydrogen-bond acceptors (Lipinski definition) is 1. The first-order valence-electron chi connectivity index (χ1n) is 6.12. The topological polar surface area (TPSA) is 19.0 Å². The average molecular weight is 214 g/mol. The number of rotatable bonds is 1. The van der Waals surface area contributed by atoms with E-state index >= 15 is 0 Å². The Bertz CT molecular complexity index is 486. The highest BCUT2D eigenvalue weighted by molar-refractivity contribution is 5.80. The molecule has 1 N–H and O–H groups in total. The Labute approximate surface area is 96.3 Å². The summed E-state index contributed by atoms with van der Waals surface area (Å²) >= 11 is 0. The highest BCUT2D eigenvalue weighted by Gasteiger charge is 2.20. The van der Waals surface area contributed by atoms with Crippen molar-refractivity contribution in [2.45, 2.75) is 25.3 Å². The molecule has 16 heavy (non-hydrogen) atoms. The third-order valence-corrected chi connectivity index (χ3v) is 3.73. The van der Waals surface area contributed by atoms with E-state index in [1.807, 2.05) is 6.20 Å². The van der Waals surface area contributed by atoms with Crippen molar-refractivity contribution in [2.24, 2.45) is 0 Å². The summed E-state index contributed by atoms with van der Waals surface area (Å²) in [7, 11) is 2.24. The summed E-state index contributed by atoms with van der Waals surface area (Å²) in [5, 5.41) is 1.33. The van der Waals surface area contributed by atoms with Crippen molar-refractivity contribution in [1.82, 2.24) is 9.88 Å². The van der Waals surface area contributed by atoms with Crippen molar-refractivity contribution in [2.75, 3.05) is 13.6 Å². The molecule has 1 saturated heterocycles. The summed E-state index contributed by atoms with van der Waals surface area (Å²) < 4.78 is 0. The zero-order valence-electron chi connectivity index (χ0n) is 9.74. The van der Waals surface area contributed by atoms with Crippen molar-refractivity contribution in [3.63, 3.8) is 0 Å². The van der Waals surface area contributed by atoms with Crippen molar-refractivity contribution in [3.8, 4) is 0 Å². The maximum absolute atomic E-state index is 3.25. The molecule has 2 heterocycles. The number of fused-ring (bicyclic) bond motifs is 1. The van der Waals surface area contributed by atoms with E-state index in [2.05, 4.69) is 41.2 Å². The van der Waals surface area contributed by atoms with Crippen LogP contribution in [0, 0.1) is 0 Å². The van der Waals surface area contributed by atoms with E-state index in [-0.39, 0.29) is 0 Å². The van der Waals surface area contributed by atoms with E-state index < -0.39 is 0 Å². The molecule has 1 aliphatic heterocycles. The van der Waals surface area contributed by atoms with E-state index in [4.69, 9.17) is 0 Å². The lowest BCUT2D eigenvalue weighted by Gasteiger charge is -2.32. The van der Waals surface area contributed by atoms with Crippen LogP contribution in [0.25, 0.3) is 10.9 Å². The Morgan fingerprint density at radius 2 is 2.19 bits per heavy atom. The van der Waals surface area contributed by atoms with Gasteiger partial charge >= 0.3 is 0 Å². The molecule has 0 spiro atoms. The van der Waals surface area contributed by atoms with Crippen LogP contribution >= 0.6 is 0 Å². The molecule has 0 amide bonds. The van der Waals surface area contributed by atoms with Gasteiger partial charge in [-0.25, -0.2) is 0 Å². The fourth-order valence-corrected chi connectivity index (χ4v) is 2.78. The molecular formula is C14H18N2. The van der Waals surface area contributed by atoms with Crippen molar-refractivity contribution < 1.29 is 0 Å². The van der Waals surface area contributed by atoms with Crippen LogP contribution < -0.4 is 0 Å². The molecule has 1 aliphatic rings. The summed E-state index contributed by atoms with van der Waals surface area (Å²) in [4.78, 5) is 5.73. The largest absolute Gasteiger partial charge is 0.361 e. The predicted molar refractivity (Wildman–Crippen MR) is 67.5 cm³/mol. The molecule has 1 unspecified atom stereocenters. The van der Waals surface area contributed by atoms with Gasteiger partial charge in [0.2, 0.25) is 0 Å². The first kappa shape index (κ1) is 9.91. The molecule has 2 aromatic rings. The third kappa shape index (κ3) is 1.63. The molecule has 0 bridgehead atoms. The smallest absolute Gasteiger partial charge is 0.0454 e. The Morgan fingerprint density at radius 3 is 3.06 bits per heavy atom. The van der Waals surface area contributed by atoms with E-state index in [1.54, 1.807) is 0 Å². The number of benzene rings is 1. The first-order chi connectivity index (χ1) is 7.84. The summed E-state index contributed by atoms with van der Waals surface area (Å²) in [5.41, 5.74) is 2.71. The van der Waals surface area contributed by atoms with Gasteiger partial charge < -0.3 is 4.98 Å². The highest BCUT2D eigenvalue weighted by atomic mass is 15.1. The second-order valence-corrected chi connectivity index (χ2v) is 4.82. The van der Waals surface area contributed by atoms with Crippen LogP contribution in [0.15, 0.2) is 30.5 Å². The van der Waals surface area contributed by atoms with Crippen LogP contribution in [0.4, 0.5) is 0 Å². The number of likely N-dealkylation sites (tertiary alicyclic amines) is 1. The second kappa shape index (κ2) is 3.95. The normalized spacial score (nSPS) is 22.7. The van der Waals surface area contributed by atoms with Gasteiger partial charge in [0.05, 0.1) is 0 Å². The quantitative estimate of drug-likeness (QED) is 0.771. The number of H-pyrrole nitrogens is 1. The third-order valence-electron chi connectivity index (χ3n) is 3.73. The molecule has 84 valence electrons. The molecule has 1 aromatic heterocycles. The van der Waals surface area contributed by atoms with Gasteiger partial charge in [-0.2, -0.15) is 0 Å². The Kier molecular flexibility index (Phi) is 2.44. The Hall–Kier alpha value is -1.28. The summed E-state index contributed by atoms with van der Waals surface area (Å²) in [6.07, 6.45) is 6.02. The van der Waals surface area contributed by atoms with E-state index in [0.29, 0.717) is 6.04 Å². The van der Waals surface area contributed by atoms with Crippen LogP contribution in [0.2, 0.25) is 0 Å². The van der Waals surface area contributed by atoms with Gasteiger partial charge in [0.15, 0.2) is 0 Å². The number of hydrogen-bond donors (Lipinski definition) is 1. The van der Waals surface area contributed by atoms with E-state index in [9.17, 15) is 0 Å². The minimum atomic E-state index is 0.619. The highest BCUT2D eigenvalue weighted by Crippen LogP contribution is 2.30. The van der Waals surface area contributed by atoms with Crippen molar-refractivity contribution in [3.05, 3.63) is 36.0 Å². The predicted octanol–water partition coefficient (Wildman–Crippen LogP) is 3.32. The lowest BCUT2D eigenvalue weighted by molar-refractivity contribution is 0.187. The van der Waals surface area contributed by atoms with Gasteiger partial charge in [0.25, 0.3) is 0 Å². The molecular weight excluding hydrogens is 196 g/mol. The number of nitrogens with one attached hydrogen (secondary N) is 1. The van der Waals surface area contributed by atoms with Crippen LogP contribution in [0.5, 0.6) is 0 Å². The Morgan fingerprint density at radius 1 is 1.25 bits per heavy atom. The van der Waals surface area contributed by atoms with Gasteiger partial charge in [-0.15, -0.1) is 0 Å². The van der Waals surface area contributed by atoms with E-state index in [0.717, 1.165) is 0 Å². The minimum Gasteiger partial charge on any atom is -0.361 e. The second-order valence-electron chi connectivity index (χ2n) is 4.82. The van der Waals surface area contributed by atoms with Gasteiger partial charge in [0.1, 0.15) is 0 Å².